The zero-order chi connectivity index (χ0) is 19.1. The predicted octanol–water partition coefficient (Wildman–Crippen LogP) is 3.74. The van der Waals surface area contributed by atoms with Crippen LogP contribution in [0.15, 0.2) is 30.3 Å². The number of hydrogen-bond donors (Lipinski definition) is 1. The van der Waals surface area contributed by atoms with Gasteiger partial charge < -0.3 is 10.6 Å². The summed E-state index contributed by atoms with van der Waals surface area (Å²) < 4.78 is 2.00. The average Bonchev–Trinajstić information content (AvgIpc) is 3.00. The zero-order valence-electron chi connectivity index (χ0n) is 14.8. The Labute approximate surface area is 166 Å². The van der Waals surface area contributed by atoms with Crippen molar-refractivity contribution in [3.63, 3.8) is 0 Å². The summed E-state index contributed by atoms with van der Waals surface area (Å²) in [6.07, 6.45) is 1.42. The zero-order valence-corrected chi connectivity index (χ0v) is 16.3. The minimum Gasteiger partial charge on any atom is -0.369 e. The van der Waals surface area contributed by atoms with Gasteiger partial charge in [0.05, 0.1) is 21.1 Å². The number of piperidine rings is 1. The number of amides is 1. The normalized spacial score (nSPS) is 15.4. The first-order chi connectivity index (χ1) is 12.9. The third-order valence-electron chi connectivity index (χ3n) is 4.96. The molecule has 0 aliphatic carbocycles. The van der Waals surface area contributed by atoms with Gasteiger partial charge in [0.1, 0.15) is 5.82 Å². The fourth-order valence-electron chi connectivity index (χ4n) is 3.52. The molecule has 1 aliphatic rings. The molecule has 0 unspecified atom stereocenters. The largest absolute Gasteiger partial charge is 0.369 e. The highest BCUT2D eigenvalue weighted by Crippen LogP contribution is 2.34. The lowest BCUT2D eigenvalue weighted by Gasteiger charge is -2.31. The number of primary amides is 1. The number of carbonyl (C=O) groups is 1. The molecule has 0 radical (unpaired) electrons. The van der Waals surface area contributed by atoms with E-state index in [4.69, 9.17) is 33.9 Å². The molecule has 2 N–H and O–H groups in total. The Morgan fingerprint density at radius 3 is 2.52 bits per heavy atom. The number of pyridine rings is 1. The molecule has 2 aromatic heterocycles. The summed E-state index contributed by atoms with van der Waals surface area (Å²) in [7, 11) is 0. The molecule has 140 valence electrons. The topological polar surface area (TPSA) is 77.0 Å². The van der Waals surface area contributed by atoms with Crippen molar-refractivity contribution in [1.82, 2.24) is 14.5 Å². The number of imidazole rings is 1. The average molecular weight is 404 g/mol. The fourth-order valence-corrected chi connectivity index (χ4v) is 3.83. The van der Waals surface area contributed by atoms with Crippen molar-refractivity contribution in [3.8, 4) is 5.82 Å². The number of rotatable bonds is 3. The lowest BCUT2D eigenvalue weighted by Crippen LogP contribution is -2.39. The number of hydrogen-bond acceptors (Lipinski definition) is 4. The Balaban J connectivity index is 1.84. The van der Waals surface area contributed by atoms with Crippen LogP contribution in [-0.4, -0.2) is 33.5 Å². The van der Waals surface area contributed by atoms with E-state index in [9.17, 15) is 4.79 Å². The van der Waals surface area contributed by atoms with Crippen LogP contribution < -0.4 is 10.6 Å². The summed E-state index contributed by atoms with van der Waals surface area (Å²) in [5.74, 6) is 1.22. The van der Waals surface area contributed by atoms with Gasteiger partial charge in [-0.2, -0.15) is 0 Å². The van der Waals surface area contributed by atoms with Crippen LogP contribution in [0, 0.1) is 12.8 Å². The molecule has 8 heteroatoms. The molecule has 3 aromatic rings. The van der Waals surface area contributed by atoms with Gasteiger partial charge in [-0.05, 0) is 44.0 Å². The van der Waals surface area contributed by atoms with Crippen LogP contribution in [0.4, 0.5) is 5.95 Å². The Bertz CT molecular complexity index is 1020. The highest BCUT2D eigenvalue weighted by atomic mass is 35.5. The van der Waals surface area contributed by atoms with Gasteiger partial charge in [0.15, 0.2) is 0 Å². The van der Waals surface area contributed by atoms with E-state index in [-0.39, 0.29) is 11.8 Å². The van der Waals surface area contributed by atoms with Crippen LogP contribution in [0.25, 0.3) is 16.9 Å². The quantitative estimate of drug-likeness (QED) is 0.722. The summed E-state index contributed by atoms with van der Waals surface area (Å²) in [6.45, 7) is 3.35. The maximum Gasteiger partial charge on any atom is 0.220 e. The number of fused-ring (bicyclic) bond motifs is 1. The molecular formula is C19H19Cl2N5O. The monoisotopic (exact) mass is 403 g/mol. The van der Waals surface area contributed by atoms with Gasteiger partial charge in [0.2, 0.25) is 11.9 Å². The number of aryl methyl sites for hydroxylation is 1. The maximum absolute atomic E-state index is 11.5. The lowest BCUT2D eigenvalue weighted by molar-refractivity contribution is -0.122. The van der Waals surface area contributed by atoms with Crippen LogP contribution in [0.2, 0.25) is 10.0 Å². The first-order valence-electron chi connectivity index (χ1n) is 8.80. The predicted molar refractivity (Wildman–Crippen MR) is 108 cm³/mol. The molecular weight excluding hydrogens is 385 g/mol. The summed E-state index contributed by atoms with van der Waals surface area (Å²) in [4.78, 5) is 23.1. The summed E-state index contributed by atoms with van der Waals surface area (Å²) in [6, 6.07) is 9.44. The van der Waals surface area contributed by atoms with Gasteiger partial charge in [0.25, 0.3) is 0 Å². The second kappa shape index (κ2) is 7.02. The minimum atomic E-state index is -0.234. The van der Waals surface area contributed by atoms with Gasteiger partial charge in [-0.15, -0.1) is 0 Å². The Kier molecular flexibility index (Phi) is 4.70. The lowest BCUT2D eigenvalue weighted by atomic mass is 9.96. The van der Waals surface area contributed by atoms with E-state index < -0.39 is 0 Å². The summed E-state index contributed by atoms with van der Waals surface area (Å²) in [5, 5.41) is 0.932. The fraction of sp³-hybridized carbons (Fsp3) is 0.316. The minimum absolute atomic E-state index is 0.0833. The number of carbonyl (C=O) groups excluding carboxylic acids is 1. The molecule has 0 saturated carbocycles. The third-order valence-corrected chi connectivity index (χ3v) is 5.68. The van der Waals surface area contributed by atoms with Crippen molar-refractivity contribution in [1.29, 1.82) is 0 Å². The van der Waals surface area contributed by atoms with Gasteiger partial charge >= 0.3 is 0 Å². The maximum atomic E-state index is 11.5. The molecule has 6 nitrogen and oxygen atoms in total. The van der Waals surface area contributed by atoms with E-state index in [2.05, 4.69) is 9.88 Å². The Hall–Kier alpha value is -2.31. The van der Waals surface area contributed by atoms with Crippen molar-refractivity contribution in [2.75, 3.05) is 18.0 Å². The summed E-state index contributed by atoms with van der Waals surface area (Å²) in [5.41, 5.74) is 7.97. The second-order valence-electron chi connectivity index (χ2n) is 6.80. The second-order valence-corrected chi connectivity index (χ2v) is 7.62. The Morgan fingerprint density at radius 1 is 1.15 bits per heavy atom. The molecule has 27 heavy (non-hydrogen) atoms. The number of nitrogens with zero attached hydrogens (tertiary/aromatic N) is 4. The van der Waals surface area contributed by atoms with E-state index in [1.165, 1.54) is 0 Å². The first kappa shape index (κ1) is 18.1. The van der Waals surface area contributed by atoms with Crippen LogP contribution in [0.5, 0.6) is 0 Å². The molecule has 1 amide bonds. The van der Waals surface area contributed by atoms with Crippen LogP contribution >= 0.6 is 23.2 Å². The SMILES string of the molecule is Cc1cccc(-n2c(N3CCC(C(N)=O)CC3)nc3cc(Cl)c(Cl)cc32)n1. The number of aromatic nitrogens is 3. The molecule has 1 saturated heterocycles. The standard InChI is InChI=1S/C19H19Cl2N5O/c1-11-3-2-4-17(23-11)26-16-10-14(21)13(20)9-15(16)24-19(26)25-7-5-12(6-8-25)18(22)27/h2-4,9-10,12H,5-8H2,1H3,(H2,22,27). The van der Waals surface area contributed by atoms with Crippen molar-refractivity contribution >= 4 is 46.1 Å². The van der Waals surface area contributed by atoms with Crippen molar-refractivity contribution in [2.45, 2.75) is 19.8 Å². The van der Waals surface area contributed by atoms with E-state index >= 15 is 0 Å². The highest BCUT2D eigenvalue weighted by Gasteiger charge is 2.27. The first-order valence-corrected chi connectivity index (χ1v) is 9.55. The van der Waals surface area contributed by atoms with E-state index in [1.807, 2.05) is 35.8 Å². The number of nitrogens with two attached hydrogens (primary N) is 1. The molecule has 4 rings (SSSR count). The smallest absolute Gasteiger partial charge is 0.220 e. The van der Waals surface area contributed by atoms with E-state index in [1.54, 1.807) is 6.07 Å². The van der Waals surface area contributed by atoms with Crippen LogP contribution in [0.1, 0.15) is 18.5 Å². The van der Waals surface area contributed by atoms with Gasteiger partial charge in [0, 0.05) is 24.7 Å². The van der Waals surface area contributed by atoms with Crippen molar-refractivity contribution in [3.05, 3.63) is 46.1 Å². The van der Waals surface area contributed by atoms with Crippen molar-refractivity contribution in [2.24, 2.45) is 11.7 Å². The molecule has 0 spiro atoms. The van der Waals surface area contributed by atoms with Crippen molar-refractivity contribution < 1.29 is 4.79 Å². The summed E-state index contributed by atoms with van der Waals surface area (Å²) >= 11 is 12.5. The van der Waals surface area contributed by atoms with E-state index in [0.29, 0.717) is 36.0 Å². The van der Waals surface area contributed by atoms with Crippen LogP contribution in [-0.2, 0) is 4.79 Å². The Morgan fingerprint density at radius 2 is 1.85 bits per heavy atom. The van der Waals surface area contributed by atoms with Gasteiger partial charge in [-0.25, -0.2) is 9.97 Å². The molecule has 1 fully saturated rings. The molecule has 0 atom stereocenters. The van der Waals surface area contributed by atoms with E-state index in [0.717, 1.165) is 28.5 Å². The molecule has 1 aromatic carbocycles. The molecule has 1 aliphatic heterocycles. The third kappa shape index (κ3) is 3.35. The number of halogens is 2. The number of benzene rings is 1. The highest BCUT2D eigenvalue weighted by molar-refractivity contribution is 6.42. The van der Waals surface area contributed by atoms with Gasteiger partial charge in [-0.3, -0.25) is 9.36 Å². The molecule has 3 heterocycles. The van der Waals surface area contributed by atoms with Gasteiger partial charge in [-0.1, -0.05) is 29.3 Å². The number of anilines is 1. The van der Waals surface area contributed by atoms with Crippen LogP contribution in [0.3, 0.4) is 0 Å². The molecule has 0 bridgehead atoms.